The summed E-state index contributed by atoms with van der Waals surface area (Å²) >= 11 is 0. The van der Waals surface area contributed by atoms with E-state index >= 15 is 0 Å². The Balaban J connectivity index is 1.71. The molecule has 0 bridgehead atoms. The molecule has 0 atom stereocenters. The first-order valence-corrected chi connectivity index (χ1v) is 5.93. The molecule has 2 aromatic rings. The highest BCUT2D eigenvalue weighted by atomic mass is 16.1. The topological polar surface area (TPSA) is 59.8 Å². The molecule has 0 aliphatic rings. The molecule has 5 heteroatoms. The van der Waals surface area contributed by atoms with Gasteiger partial charge in [0.15, 0.2) is 0 Å². The summed E-state index contributed by atoms with van der Waals surface area (Å²) in [5, 5.41) is 2.84. The number of hydrogen-bond donors (Lipinski definition) is 1. The summed E-state index contributed by atoms with van der Waals surface area (Å²) in [6, 6.07) is 5.29. The Morgan fingerprint density at radius 1 is 1.39 bits per heavy atom. The number of carbonyl (C=O) groups excluding carboxylic acids is 1. The highest BCUT2D eigenvalue weighted by Gasteiger charge is 2.04. The molecule has 0 aliphatic carbocycles. The van der Waals surface area contributed by atoms with E-state index in [-0.39, 0.29) is 5.91 Å². The molecule has 0 unspecified atom stereocenters. The largest absolute Gasteiger partial charge is 0.351 e. The van der Waals surface area contributed by atoms with Crippen molar-refractivity contribution < 1.29 is 4.79 Å². The minimum atomic E-state index is -0.127. The van der Waals surface area contributed by atoms with Crippen LogP contribution in [0, 0.1) is 6.92 Å². The van der Waals surface area contributed by atoms with Crippen LogP contribution >= 0.6 is 0 Å². The van der Waals surface area contributed by atoms with Gasteiger partial charge in [-0.15, -0.1) is 0 Å². The van der Waals surface area contributed by atoms with Crippen molar-refractivity contribution in [3.63, 3.8) is 0 Å². The summed E-state index contributed by atoms with van der Waals surface area (Å²) in [5.41, 5.74) is 1.46. The quantitative estimate of drug-likeness (QED) is 0.809. The van der Waals surface area contributed by atoms with Crippen LogP contribution in [-0.2, 0) is 6.54 Å². The predicted octanol–water partition coefficient (Wildman–Crippen LogP) is 1.41. The molecule has 94 valence electrons. The van der Waals surface area contributed by atoms with Gasteiger partial charge in [0.25, 0.3) is 5.91 Å². The van der Waals surface area contributed by atoms with Crippen molar-refractivity contribution in [1.29, 1.82) is 0 Å². The van der Waals surface area contributed by atoms with E-state index in [2.05, 4.69) is 15.3 Å². The number of rotatable bonds is 5. The summed E-state index contributed by atoms with van der Waals surface area (Å²) < 4.78 is 2.02. The summed E-state index contributed by atoms with van der Waals surface area (Å²) in [6.45, 7) is 3.44. The maximum Gasteiger partial charge on any atom is 0.269 e. The second-order valence-corrected chi connectivity index (χ2v) is 4.08. The van der Waals surface area contributed by atoms with Gasteiger partial charge in [0, 0.05) is 25.5 Å². The summed E-state index contributed by atoms with van der Waals surface area (Å²) in [4.78, 5) is 19.8. The van der Waals surface area contributed by atoms with Crippen LogP contribution in [0.2, 0.25) is 0 Å². The van der Waals surface area contributed by atoms with Crippen LogP contribution in [0.1, 0.15) is 22.6 Å². The van der Waals surface area contributed by atoms with Crippen molar-refractivity contribution in [2.45, 2.75) is 19.9 Å². The lowest BCUT2D eigenvalue weighted by atomic mass is 10.3. The molecule has 0 aliphatic heterocycles. The number of aryl methyl sites for hydroxylation is 2. The van der Waals surface area contributed by atoms with Crippen molar-refractivity contribution in [1.82, 2.24) is 19.9 Å². The zero-order chi connectivity index (χ0) is 12.8. The lowest BCUT2D eigenvalue weighted by Crippen LogP contribution is -2.25. The van der Waals surface area contributed by atoms with E-state index in [1.54, 1.807) is 30.7 Å². The summed E-state index contributed by atoms with van der Waals surface area (Å²) in [5.74, 6) is -0.127. The summed E-state index contributed by atoms with van der Waals surface area (Å²) in [6.07, 6.45) is 6.27. The van der Waals surface area contributed by atoms with Gasteiger partial charge in [-0.1, -0.05) is 6.07 Å². The number of carbonyl (C=O) groups is 1. The number of imidazole rings is 1. The van der Waals surface area contributed by atoms with E-state index in [1.807, 2.05) is 17.7 Å². The maximum atomic E-state index is 11.7. The second kappa shape index (κ2) is 5.95. The zero-order valence-corrected chi connectivity index (χ0v) is 10.3. The monoisotopic (exact) mass is 244 g/mol. The van der Waals surface area contributed by atoms with E-state index < -0.39 is 0 Å². The average molecular weight is 244 g/mol. The first-order valence-electron chi connectivity index (χ1n) is 5.93. The molecule has 0 spiro atoms. The van der Waals surface area contributed by atoms with Crippen LogP contribution in [0.25, 0.3) is 0 Å². The molecule has 0 aromatic carbocycles. The van der Waals surface area contributed by atoms with Gasteiger partial charge in [0.2, 0.25) is 0 Å². The zero-order valence-electron chi connectivity index (χ0n) is 10.3. The molecule has 0 radical (unpaired) electrons. The fourth-order valence-electron chi connectivity index (χ4n) is 1.65. The highest BCUT2D eigenvalue weighted by Crippen LogP contribution is 1.96. The molecule has 2 aromatic heterocycles. The van der Waals surface area contributed by atoms with E-state index in [0.717, 1.165) is 18.7 Å². The van der Waals surface area contributed by atoms with Gasteiger partial charge in [-0.3, -0.25) is 9.78 Å². The van der Waals surface area contributed by atoms with Crippen LogP contribution in [0.3, 0.4) is 0 Å². The van der Waals surface area contributed by atoms with Gasteiger partial charge in [0.1, 0.15) is 5.69 Å². The Bertz CT molecular complexity index is 507. The third-order valence-corrected chi connectivity index (χ3v) is 2.54. The number of nitrogens with zero attached hydrogens (tertiary/aromatic N) is 3. The van der Waals surface area contributed by atoms with E-state index in [9.17, 15) is 4.79 Å². The first kappa shape index (κ1) is 12.3. The lowest BCUT2D eigenvalue weighted by molar-refractivity contribution is 0.0948. The van der Waals surface area contributed by atoms with Crippen LogP contribution < -0.4 is 5.32 Å². The molecule has 0 fully saturated rings. The number of amides is 1. The van der Waals surface area contributed by atoms with Gasteiger partial charge in [0.05, 0.1) is 12.0 Å². The Kier molecular flexibility index (Phi) is 4.06. The molecule has 1 amide bonds. The molecule has 18 heavy (non-hydrogen) atoms. The van der Waals surface area contributed by atoms with E-state index in [4.69, 9.17) is 0 Å². The van der Waals surface area contributed by atoms with E-state index in [1.165, 1.54) is 0 Å². The smallest absolute Gasteiger partial charge is 0.269 e. The summed E-state index contributed by atoms with van der Waals surface area (Å²) in [7, 11) is 0. The second-order valence-electron chi connectivity index (χ2n) is 4.08. The normalized spacial score (nSPS) is 10.3. The molecule has 2 rings (SSSR count). The van der Waals surface area contributed by atoms with Crippen molar-refractivity contribution in [3.05, 3.63) is 48.3 Å². The Morgan fingerprint density at radius 2 is 2.28 bits per heavy atom. The van der Waals surface area contributed by atoms with Crippen LogP contribution in [0.15, 0.2) is 36.9 Å². The van der Waals surface area contributed by atoms with E-state index in [0.29, 0.717) is 12.2 Å². The average Bonchev–Trinajstić information content (AvgIpc) is 2.81. The molecular formula is C13H16N4O. The maximum absolute atomic E-state index is 11.7. The number of nitrogens with one attached hydrogen (secondary N) is 1. The Hall–Kier alpha value is -2.17. The number of hydrogen-bond acceptors (Lipinski definition) is 3. The third-order valence-electron chi connectivity index (χ3n) is 2.54. The fraction of sp³-hybridized carbons (Fsp3) is 0.308. The third kappa shape index (κ3) is 3.41. The van der Waals surface area contributed by atoms with Crippen LogP contribution in [0.5, 0.6) is 0 Å². The van der Waals surface area contributed by atoms with Gasteiger partial charge in [-0.25, -0.2) is 4.98 Å². The van der Waals surface area contributed by atoms with Gasteiger partial charge >= 0.3 is 0 Å². The Labute approximate surface area is 106 Å². The number of aromatic nitrogens is 3. The molecule has 0 saturated carbocycles. The lowest BCUT2D eigenvalue weighted by Gasteiger charge is -2.05. The number of pyridine rings is 1. The molecule has 2 heterocycles. The minimum Gasteiger partial charge on any atom is -0.351 e. The highest BCUT2D eigenvalue weighted by molar-refractivity contribution is 5.92. The molecule has 0 saturated heterocycles. The van der Waals surface area contributed by atoms with Crippen LogP contribution in [-0.4, -0.2) is 27.0 Å². The van der Waals surface area contributed by atoms with Crippen molar-refractivity contribution >= 4 is 5.91 Å². The standard InChI is InChI=1S/C13H16N4O/c1-11-9-17(10-16-11)8-4-7-15-13(18)12-5-2-3-6-14-12/h2-3,5-6,9-10H,4,7-8H2,1H3,(H,15,18). The van der Waals surface area contributed by atoms with Crippen molar-refractivity contribution in [2.24, 2.45) is 0 Å². The SMILES string of the molecule is Cc1cn(CCCNC(=O)c2ccccn2)cn1. The predicted molar refractivity (Wildman–Crippen MR) is 68.2 cm³/mol. The first-order chi connectivity index (χ1) is 8.75. The van der Waals surface area contributed by atoms with Gasteiger partial charge in [-0.2, -0.15) is 0 Å². The van der Waals surface area contributed by atoms with Gasteiger partial charge < -0.3 is 9.88 Å². The van der Waals surface area contributed by atoms with Crippen molar-refractivity contribution in [3.8, 4) is 0 Å². The Morgan fingerprint density at radius 3 is 2.94 bits per heavy atom. The molecule has 5 nitrogen and oxygen atoms in total. The fourth-order valence-corrected chi connectivity index (χ4v) is 1.65. The minimum absolute atomic E-state index is 0.127. The molecule has 1 N–H and O–H groups in total. The molecular weight excluding hydrogens is 228 g/mol. The van der Waals surface area contributed by atoms with Crippen molar-refractivity contribution in [2.75, 3.05) is 6.54 Å². The van der Waals surface area contributed by atoms with Gasteiger partial charge in [-0.05, 0) is 25.5 Å². The van der Waals surface area contributed by atoms with Crippen LogP contribution in [0.4, 0.5) is 0 Å².